The number of carbonyl (C=O) groups excluding carboxylic acids is 1. The number of benzene rings is 1. The lowest BCUT2D eigenvalue weighted by molar-refractivity contribution is -0.119. The summed E-state index contributed by atoms with van der Waals surface area (Å²) in [4.78, 5) is 19.1. The van der Waals surface area contributed by atoms with Crippen LogP contribution in [-0.2, 0) is 11.3 Å². The molecule has 0 aliphatic carbocycles. The maximum absolute atomic E-state index is 12.9. The Morgan fingerprint density at radius 3 is 2.69 bits per heavy atom. The first-order valence-corrected chi connectivity index (χ1v) is 9.38. The molecule has 3 aromatic rings. The van der Waals surface area contributed by atoms with Crippen LogP contribution in [0.5, 0.6) is 0 Å². The van der Waals surface area contributed by atoms with E-state index in [9.17, 15) is 4.79 Å². The van der Waals surface area contributed by atoms with Gasteiger partial charge < -0.3 is 0 Å². The van der Waals surface area contributed by atoms with E-state index in [1.807, 2.05) is 49.6 Å². The Morgan fingerprint density at radius 1 is 1.35 bits per heavy atom. The van der Waals surface area contributed by atoms with E-state index >= 15 is 0 Å². The predicted octanol–water partition coefficient (Wildman–Crippen LogP) is 4.50. The highest BCUT2D eigenvalue weighted by Crippen LogP contribution is 2.28. The number of hydrogen-bond acceptors (Lipinski definition) is 4. The van der Waals surface area contributed by atoms with Crippen LogP contribution in [-0.4, -0.2) is 27.2 Å². The molecule has 0 unspecified atom stereocenters. The lowest BCUT2D eigenvalue weighted by Gasteiger charge is -2.18. The van der Waals surface area contributed by atoms with Gasteiger partial charge in [0.2, 0.25) is 0 Å². The van der Waals surface area contributed by atoms with Crippen molar-refractivity contribution in [3.63, 3.8) is 0 Å². The highest BCUT2D eigenvalue weighted by atomic mass is 35.5. The molecule has 0 N–H and O–H groups in total. The topological polar surface area (TPSA) is 51.0 Å². The summed E-state index contributed by atoms with van der Waals surface area (Å²) in [5, 5.41) is 7.52. The van der Waals surface area contributed by atoms with E-state index in [0.29, 0.717) is 22.4 Å². The normalized spacial score (nSPS) is 10.7. The Hall–Kier alpha value is -2.44. The lowest BCUT2D eigenvalue weighted by atomic mass is 10.2. The highest BCUT2D eigenvalue weighted by Gasteiger charge is 2.21. The Morgan fingerprint density at radius 2 is 2.08 bits per heavy atom. The number of thiazole rings is 1. The van der Waals surface area contributed by atoms with Crippen LogP contribution in [0.4, 0.5) is 5.13 Å². The Bertz CT molecular complexity index is 932. The fourth-order valence-corrected chi connectivity index (χ4v) is 3.58. The van der Waals surface area contributed by atoms with Crippen molar-refractivity contribution in [2.24, 2.45) is 0 Å². The van der Waals surface area contributed by atoms with Crippen LogP contribution in [0.25, 0.3) is 11.3 Å². The maximum Gasteiger partial charge on any atom is 0.250 e. The van der Waals surface area contributed by atoms with Crippen LogP contribution in [0.3, 0.4) is 0 Å². The van der Waals surface area contributed by atoms with Crippen molar-refractivity contribution >= 4 is 34.0 Å². The second-order valence-corrected chi connectivity index (χ2v) is 7.03. The highest BCUT2D eigenvalue weighted by molar-refractivity contribution is 7.14. The largest absolute Gasteiger partial charge is 0.283 e. The summed E-state index contributed by atoms with van der Waals surface area (Å²) < 4.78 is 1.63. The molecule has 26 heavy (non-hydrogen) atoms. The number of aromatic nitrogens is 3. The molecule has 2 aromatic heterocycles. The molecule has 1 aromatic carbocycles. The fourth-order valence-electron chi connectivity index (χ4n) is 2.59. The molecular formula is C19H19ClN4OS. The molecule has 1 amide bonds. The second kappa shape index (κ2) is 7.85. The Labute approximate surface area is 161 Å². The summed E-state index contributed by atoms with van der Waals surface area (Å²) in [6.07, 6.45) is 1.69. The average molecular weight is 387 g/mol. The molecule has 0 radical (unpaired) electrons. The molecule has 134 valence electrons. The van der Waals surface area contributed by atoms with Gasteiger partial charge in [0, 0.05) is 17.5 Å². The molecule has 0 aliphatic heterocycles. The van der Waals surface area contributed by atoms with Crippen LogP contribution in [0, 0.1) is 13.8 Å². The van der Waals surface area contributed by atoms with Gasteiger partial charge in [-0.2, -0.15) is 5.10 Å². The van der Waals surface area contributed by atoms with Crippen LogP contribution >= 0.6 is 22.9 Å². The van der Waals surface area contributed by atoms with Crippen molar-refractivity contribution < 1.29 is 4.79 Å². The van der Waals surface area contributed by atoms with Gasteiger partial charge >= 0.3 is 0 Å². The van der Waals surface area contributed by atoms with Crippen molar-refractivity contribution in [3.8, 4) is 11.3 Å². The van der Waals surface area contributed by atoms with Gasteiger partial charge in [-0.25, -0.2) is 4.98 Å². The van der Waals surface area contributed by atoms with Gasteiger partial charge in [0.1, 0.15) is 6.54 Å². The van der Waals surface area contributed by atoms with Gasteiger partial charge in [0.25, 0.3) is 5.91 Å². The zero-order valence-electron chi connectivity index (χ0n) is 14.6. The predicted molar refractivity (Wildman–Crippen MR) is 107 cm³/mol. The molecule has 0 atom stereocenters. The number of rotatable bonds is 6. The summed E-state index contributed by atoms with van der Waals surface area (Å²) in [7, 11) is 0. The standard InChI is InChI=1S/C19H19ClN4OS/c1-4-10-23(17(25)11-24-14(3)18(20)13(2)22-24)19-21-16(12-26-19)15-8-6-5-7-9-15/h4-9,12H,1,10-11H2,2-3H3. The number of carbonyl (C=O) groups is 1. The first-order chi connectivity index (χ1) is 12.5. The first kappa shape index (κ1) is 18.4. The van der Waals surface area contributed by atoms with Crippen LogP contribution in [0.1, 0.15) is 11.4 Å². The van der Waals surface area contributed by atoms with Crippen molar-refractivity contribution in [2.75, 3.05) is 11.4 Å². The summed E-state index contributed by atoms with van der Waals surface area (Å²) >= 11 is 7.61. The van der Waals surface area contributed by atoms with Crippen molar-refractivity contribution in [2.45, 2.75) is 20.4 Å². The quantitative estimate of drug-likeness (QED) is 0.586. The van der Waals surface area contributed by atoms with E-state index in [2.05, 4.69) is 16.7 Å². The molecule has 0 aliphatic rings. The average Bonchev–Trinajstić information content (AvgIpc) is 3.22. The van der Waals surface area contributed by atoms with Crippen molar-refractivity contribution in [1.29, 1.82) is 0 Å². The van der Waals surface area contributed by atoms with Gasteiger partial charge in [-0.05, 0) is 13.8 Å². The van der Waals surface area contributed by atoms with Crippen molar-refractivity contribution in [3.05, 3.63) is 64.8 Å². The summed E-state index contributed by atoms with van der Waals surface area (Å²) in [6, 6.07) is 9.89. The third-order valence-electron chi connectivity index (χ3n) is 3.98. The van der Waals surface area contributed by atoms with Gasteiger partial charge in [0.15, 0.2) is 5.13 Å². The minimum absolute atomic E-state index is 0.105. The molecule has 7 heteroatoms. The van der Waals surface area contributed by atoms with Gasteiger partial charge in [-0.15, -0.1) is 17.9 Å². The summed E-state index contributed by atoms with van der Waals surface area (Å²) in [6.45, 7) is 7.92. The Kier molecular flexibility index (Phi) is 5.54. The minimum atomic E-state index is -0.110. The third-order valence-corrected chi connectivity index (χ3v) is 5.39. The molecule has 0 fully saturated rings. The fraction of sp³-hybridized carbons (Fsp3) is 0.211. The molecule has 5 nitrogen and oxygen atoms in total. The molecule has 0 saturated heterocycles. The van der Waals surface area contributed by atoms with E-state index in [1.54, 1.807) is 15.7 Å². The summed E-state index contributed by atoms with van der Waals surface area (Å²) in [5.41, 5.74) is 3.36. The first-order valence-electron chi connectivity index (χ1n) is 8.13. The molecule has 2 heterocycles. The second-order valence-electron chi connectivity index (χ2n) is 5.82. The monoisotopic (exact) mass is 386 g/mol. The maximum atomic E-state index is 12.9. The number of nitrogens with zero attached hydrogens (tertiary/aromatic N) is 4. The van der Waals surface area contributed by atoms with Crippen LogP contribution < -0.4 is 4.90 Å². The van der Waals surface area contributed by atoms with Crippen LogP contribution in [0.2, 0.25) is 5.02 Å². The van der Waals surface area contributed by atoms with Gasteiger partial charge in [-0.3, -0.25) is 14.4 Å². The van der Waals surface area contributed by atoms with Gasteiger partial charge in [-0.1, -0.05) is 48.0 Å². The zero-order chi connectivity index (χ0) is 18.7. The molecule has 0 saturated carbocycles. The SMILES string of the molecule is C=CCN(C(=O)Cn1nc(C)c(Cl)c1C)c1nc(-c2ccccc2)cs1. The molecule has 0 spiro atoms. The van der Waals surface area contributed by atoms with Gasteiger partial charge in [0.05, 0.1) is 22.1 Å². The van der Waals surface area contributed by atoms with Crippen LogP contribution in [0.15, 0.2) is 48.4 Å². The van der Waals surface area contributed by atoms with E-state index in [-0.39, 0.29) is 12.5 Å². The molecule has 3 rings (SSSR count). The number of hydrogen-bond donors (Lipinski definition) is 0. The number of amides is 1. The molecular weight excluding hydrogens is 368 g/mol. The van der Waals surface area contributed by atoms with E-state index in [0.717, 1.165) is 17.0 Å². The van der Waals surface area contributed by atoms with E-state index in [1.165, 1.54) is 11.3 Å². The Balaban J connectivity index is 1.84. The minimum Gasteiger partial charge on any atom is -0.283 e. The van der Waals surface area contributed by atoms with E-state index < -0.39 is 0 Å². The number of aryl methyl sites for hydroxylation is 1. The van der Waals surface area contributed by atoms with Crippen molar-refractivity contribution in [1.82, 2.24) is 14.8 Å². The summed E-state index contributed by atoms with van der Waals surface area (Å²) in [5.74, 6) is -0.110. The zero-order valence-corrected chi connectivity index (χ0v) is 16.2. The smallest absolute Gasteiger partial charge is 0.250 e. The third kappa shape index (κ3) is 3.71. The number of anilines is 1. The van der Waals surface area contributed by atoms with E-state index in [4.69, 9.17) is 11.6 Å². The molecule has 0 bridgehead atoms. The number of halogens is 1. The lowest BCUT2D eigenvalue weighted by Crippen LogP contribution is -2.34.